The molecule has 5 nitrogen and oxygen atoms in total. The fourth-order valence-electron chi connectivity index (χ4n) is 4.51. The van der Waals surface area contributed by atoms with E-state index in [-0.39, 0.29) is 5.91 Å². The second-order valence-electron chi connectivity index (χ2n) is 7.60. The summed E-state index contributed by atoms with van der Waals surface area (Å²) in [5.41, 5.74) is 1.28. The van der Waals surface area contributed by atoms with E-state index in [9.17, 15) is 4.79 Å². The standard InChI is InChI=1S/C21H27N3O2/c1-23(18-6-3-2-4-7-18)14-17-15-24-10-9-16(17)12-19(24)13-22-21(25)20-8-5-11-26-20/h2-8,11,16-17,19H,9-10,12-15H2,1H3,(H,22,25)/t16-,17+,19+/m0/s1. The molecule has 3 aliphatic rings. The van der Waals surface area contributed by atoms with Crippen LogP contribution in [0.1, 0.15) is 23.4 Å². The van der Waals surface area contributed by atoms with Gasteiger partial charge in [-0.1, -0.05) is 18.2 Å². The predicted molar refractivity (Wildman–Crippen MR) is 102 cm³/mol. The molecule has 0 saturated carbocycles. The molecule has 4 atom stereocenters. The molecule has 138 valence electrons. The summed E-state index contributed by atoms with van der Waals surface area (Å²) in [5, 5.41) is 3.04. The normalized spacial score (nSPS) is 27.3. The van der Waals surface area contributed by atoms with E-state index >= 15 is 0 Å². The lowest BCUT2D eigenvalue weighted by molar-refractivity contribution is 0.00507. The molecule has 4 heterocycles. The number of rotatable bonds is 6. The second-order valence-corrected chi connectivity index (χ2v) is 7.60. The van der Waals surface area contributed by atoms with Crippen LogP contribution in [0.2, 0.25) is 0 Å². The molecular weight excluding hydrogens is 326 g/mol. The molecule has 5 heteroatoms. The van der Waals surface area contributed by atoms with Crippen LogP contribution >= 0.6 is 0 Å². The maximum absolute atomic E-state index is 12.1. The highest BCUT2D eigenvalue weighted by atomic mass is 16.3. The van der Waals surface area contributed by atoms with Crippen molar-refractivity contribution in [3.8, 4) is 0 Å². The van der Waals surface area contributed by atoms with Gasteiger partial charge in [0, 0.05) is 38.4 Å². The molecule has 1 amide bonds. The zero-order valence-electron chi connectivity index (χ0n) is 15.3. The van der Waals surface area contributed by atoms with Gasteiger partial charge in [-0.05, 0) is 55.5 Å². The minimum Gasteiger partial charge on any atom is -0.459 e. The number of carbonyl (C=O) groups is 1. The first-order valence-electron chi connectivity index (χ1n) is 9.52. The molecule has 0 radical (unpaired) electrons. The molecule has 0 spiro atoms. The Labute approximate surface area is 155 Å². The van der Waals surface area contributed by atoms with Crippen LogP contribution in [0.15, 0.2) is 53.1 Å². The highest BCUT2D eigenvalue weighted by Gasteiger charge is 2.40. The van der Waals surface area contributed by atoms with Gasteiger partial charge in [-0.25, -0.2) is 0 Å². The summed E-state index contributed by atoms with van der Waals surface area (Å²) in [4.78, 5) is 17.0. The lowest BCUT2D eigenvalue weighted by atomic mass is 9.75. The van der Waals surface area contributed by atoms with E-state index in [1.165, 1.54) is 24.8 Å². The SMILES string of the molecule is CN(C[C@@H]1CN2CC[C@H]1C[C@@H]2CNC(=O)c1ccco1)c1ccccc1. The Morgan fingerprint density at radius 1 is 1.27 bits per heavy atom. The topological polar surface area (TPSA) is 48.7 Å². The van der Waals surface area contributed by atoms with Gasteiger partial charge in [-0.15, -0.1) is 0 Å². The fourth-order valence-corrected chi connectivity index (χ4v) is 4.51. The molecule has 5 rings (SSSR count). The number of para-hydroxylation sites is 1. The van der Waals surface area contributed by atoms with Gasteiger partial charge < -0.3 is 14.6 Å². The van der Waals surface area contributed by atoms with Crippen LogP contribution in [0.3, 0.4) is 0 Å². The third-order valence-corrected chi connectivity index (χ3v) is 5.96. The van der Waals surface area contributed by atoms with Gasteiger partial charge in [-0.3, -0.25) is 9.69 Å². The highest BCUT2D eigenvalue weighted by Crippen LogP contribution is 2.36. The lowest BCUT2D eigenvalue weighted by Crippen LogP contribution is -2.58. The number of amides is 1. The summed E-state index contributed by atoms with van der Waals surface area (Å²) in [6, 6.07) is 14.5. The monoisotopic (exact) mass is 353 g/mol. The molecule has 3 fully saturated rings. The van der Waals surface area contributed by atoms with Gasteiger partial charge in [-0.2, -0.15) is 0 Å². The molecule has 26 heavy (non-hydrogen) atoms. The lowest BCUT2D eigenvalue weighted by Gasteiger charge is -2.50. The van der Waals surface area contributed by atoms with Gasteiger partial charge >= 0.3 is 0 Å². The fraction of sp³-hybridized carbons (Fsp3) is 0.476. The summed E-state index contributed by atoms with van der Waals surface area (Å²) < 4.78 is 5.17. The largest absolute Gasteiger partial charge is 0.459 e. The van der Waals surface area contributed by atoms with Gasteiger partial charge in [0.15, 0.2) is 5.76 Å². The van der Waals surface area contributed by atoms with Crippen LogP contribution in [0.5, 0.6) is 0 Å². The smallest absolute Gasteiger partial charge is 0.287 e. The number of hydrogen-bond donors (Lipinski definition) is 1. The number of piperidine rings is 3. The third-order valence-electron chi connectivity index (χ3n) is 5.96. The van der Waals surface area contributed by atoms with Crippen LogP contribution in [-0.2, 0) is 0 Å². The Balaban J connectivity index is 1.30. The number of anilines is 1. The van der Waals surface area contributed by atoms with Crippen molar-refractivity contribution < 1.29 is 9.21 Å². The number of nitrogens with zero attached hydrogens (tertiary/aromatic N) is 2. The Hall–Kier alpha value is -2.27. The van der Waals surface area contributed by atoms with E-state index in [0.717, 1.165) is 25.6 Å². The molecular formula is C21H27N3O2. The number of benzene rings is 1. The molecule has 3 aliphatic heterocycles. The number of nitrogens with one attached hydrogen (secondary N) is 1. The predicted octanol–water partition coefficient (Wildman–Crippen LogP) is 2.86. The summed E-state index contributed by atoms with van der Waals surface area (Å²) in [7, 11) is 2.19. The van der Waals surface area contributed by atoms with Crippen molar-refractivity contribution in [3.05, 3.63) is 54.5 Å². The summed E-state index contributed by atoms with van der Waals surface area (Å²) in [6.45, 7) is 4.08. The van der Waals surface area contributed by atoms with Gasteiger partial charge in [0.05, 0.1) is 6.26 Å². The van der Waals surface area contributed by atoms with E-state index in [2.05, 4.69) is 52.5 Å². The Morgan fingerprint density at radius 3 is 2.81 bits per heavy atom. The third kappa shape index (κ3) is 3.63. The van der Waals surface area contributed by atoms with Gasteiger partial charge in [0.2, 0.25) is 0 Å². The van der Waals surface area contributed by atoms with Gasteiger partial charge in [0.1, 0.15) is 0 Å². The molecule has 2 bridgehead atoms. The Kier molecular flexibility index (Phi) is 4.98. The minimum atomic E-state index is -0.113. The summed E-state index contributed by atoms with van der Waals surface area (Å²) >= 11 is 0. The summed E-state index contributed by atoms with van der Waals surface area (Å²) in [6.07, 6.45) is 3.98. The maximum atomic E-state index is 12.1. The first-order valence-corrected chi connectivity index (χ1v) is 9.52. The highest BCUT2D eigenvalue weighted by molar-refractivity contribution is 5.91. The Morgan fingerprint density at radius 2 is 2.12 bits per heavy atom. The first kappa shape index (κ1) is 17.2. The molecule has 1 aromatic carbocycles. The molecule has 2 aromatic rings. The average molecular weight is 353 g/mol. The number of fused-ring (bicyclic) bond motifs is 3. The molecule has 1 aromatic heterocycles. The average Bonchev–Trinajstić information content (AvgIpc) is 3.22. The molecule has 1 unspecified atom stereocenters. The number of furan rings is 1. The Bertz CT molecular complexity index is 716. The minimum absolute atomic E-state index is 0.113. The van der Waals surface area contributed by atoms with Crippen molar-refractivity contribution in [2.75, 3.05) is 38.1 Å². The van der Waals surface area contributed by atoms with Crippen LogP contribution in [0.25, 0.3) is 0 Å². The van der Waals surface area contributed by atoms with E-state index in [1.54, 1.807) is 12.1 Å². The maximum Gasteiger partial charge on any atom is 0.287 e. The molecule has 1 N–H and O–H groups in total. The van der Waals surface area contributed by atoms with E-state index < -0.39 is 0 Å². The molecule has 3 saturated heterocycles. The van der Waals surface area contributed by atoms with Crippen molar-refractivity contribution in [3.63, 3.8) is 0 Å². The van der Waals surface area contributed by atoms with Crippen LogP contribution in [0, 0.1) is 11.8 Å². The van der Waals surface area contributed by atoms with Crippen molar-refractivity contribution in [2.24, 2.45) is 11.8 Å². The van der Waals surface area contributed by atoms with Crippen molar-refractivity contribution in [2.45, 2.75) is 18.9 Å². The van der Waals surface area contributed by atoms with E-state index in [1.807, 2.05) is 0 Å². The quantitative estimate of drug-likeness (QED) is 0.868. The van der Waals surface area contributed by atoms with Crippen LogP contribution in [0.4, 0.5) is 5.69 Å². The van der Waals surface area contributed by atoms with E-state index in [4.69, 9.17) is 4.42 Å². The van der Waals surface area contributed by atoms with Crippen molar-refractivity contribution in [1.29, 1.82) is 0 Å². The van der Waals surface area contributed by atoms with Crippen molar-refractivity contribution in [1.82, 2.24) is 10.2 Å². The van der Waals surface area contributed by atoms with Gasteiger partial charge in [0.25, 0.3) is 5.91 Å². The zero-order valence-corrected chi connectivity index (χ0v) is 15.3. The number of carbonyl (C=O) groups excluding carboxylic acids is 1. The number of hydrogen-bond acceptors (Lipinski definition) is 4. The first-order chi connectivity index (χ1) is 12.7. The van der Waals surface area contributed by atoms with E-state index in [0.29, 0.717) is 24.3 Å². The van der Waals surface area contributed by atoms with Crippen LogP contribution in [-0.4, -0.2) is 50.1 Å². The summed E-state index contributed by atoms with van der Waals surface area (Å²) in [5.74, 6) is 1.73. The van der Waals surface area contributed by atoms with Crippen LogP contribution < -0.4 is 10.2 Å². The second kappa shape index (κ2) is 7.54. The van der Waals surface area contributed by atoms with Crippen molar-refractivity contribution >= 4 is 11.6 Å². The zero-order chi connectivity index (χ0) is 17.9. The molecule has 0 aliphatic carbocycles.